The van der Waals surface area contributed by atoms with Gasteiger partial charge in [0.15, 0.2) is 0 Å². The van der Waals surface area contributed by atoms with E-state index in [4.69, 9.17) is 28.9 Å². The second-order valence-corrected chi connectivity index (χ2v) is 12.9. The maximum atomic E-state index is 6.03. The van der Waals surface area contributed by atoms with Crippen LogP contribution in [0.2, 0.25) is 10.0 Å². The molecule has 0 spiro atoms. The van der Waals surface area contributed by atoms with Crippen molar-refractivity contribution >= 4 is 78.9 Å². The molecule has 0 fully saturated rings. The SMILES string of the molecule is Brc1c(NC2=NCCC2)ccc2nccnc12.Cc1cccc([C@H](C)c2cnc[nH]2)c1C.Nc1cc(Cl)c(NC2=NCCC2)c(Cl)c1. The van der Waals surface area contributed by atoms with Crippen LogP contribution in [0.25, 0.3) is 11.0 Å². The van der Waals surface area contributed by atoms with Gasteiger partial charge in [0.05, 0.1) is 37.7 Å². The first kappa shape index (κ1) is 34.3. The van der Waals surface area contributed by atoms with Gasteiger partial charge in [-0.25, -0.2) is 4.98 Å². The summed E-state index contributed by atoms with van der Waals surface area (Å²) >= 11 is 15.6. The fourth-order valence-corrected chi connectivity index (χ4v) is 6.44. The van der Waals surface area contributed by atoms with Crippen molar-refractivity contribution < 1.29 is 0 Å². The molecule has 0 aliphatic carbocycles. The summed E-state index contributed by atoms with van der Waals surface area (Å²) in [6.07, 6.45) is 11.2. The number of hydrogen-bond donors (Lipinski definition) is 4. The number of nitrogen functional groups attached to an aromatic ring is 1. The van der Waals surface area contributed by atoms with Crippen LogP contribution < -0.4 is 16.4 Å². The number of rotatable bonds is 4. The smallest absolute Gasteiger partial charge is 0.105 e. The molecule has 244 valence electrons. The monoisotopic (exact) mass is 733 g/mol. The molecular weight excluding hydrogens is 697 g/mol. The van der Waals surface area contributed by atoms with Crippen LogP contribution >= 0.6 is 39.1 Å². The number of nitrogens with one attached hydrogen (secondary N) is 3. The quantitative estimate of drug-likeness (QED) is 0.136. The average Bonchev–Trinajstić information content (AvgIpc) is 3.87. The van der Waals surface area contributed by atoms with Gasteiger partial charge in [-0.1, -0.05) is 48.3 Å². The van der Waals surface area contributed by atoms with Crippen LogP contribution in [0.3, 0.4) is 0 Å². The summed E-state index contributed by atoms with van der Waals surface area (Å²) in [4.78, 5) is 24.5. The summed E-state index contributed by atoms with van der Waals surface area (Å²) in [5, 5.41) is 7.52. The van der Waals surface area contributed by atoms with E-state index in [0.717, 1.165) is 71.6 Å². The number of amidine groups is 2. The zero-order valence-electron chi connectivity index (χ0n) is 26.6. The van der Waals surface area contributed by atoms with Crippen LogP contribution in [-0.2, 0) is 0 Å². The van der Waals surface area contributed by atoms with E-state index < -0.39 is 0 Å². The van der Waals surface area contributed by atoms with E-state index >= 15 is 0 Å². The Kier molecular flexibility index (Phi) is 11.8. The van der Waals surface area contributed by atoms with Crippen molar-refractivity contribution in [3.05, 3.63) is 104 Å². The maximum absolute atomic E-state index is 6.03. The lowest BCUT2D eigenvalue weighted by atomic mass is 9.92. The third-order valence-electron chi connectivity index (χ3n) is 8.04. The van der Waals surface area contributed by atoms with Gasteiger partial charge in [-0.05, 0) is 83.6 Å². The molecule has 47 heavy (non-hydrogen) atoms. The van der Waals surface area contributed by atoms with Crippen LogP contribution in [0.4, 0.5) is 17.1 Å². The summed E-state index contributed by atoms with van der Waals surface area (Å²) in [6.45, 7) is 8.32. The van der Waals surface area contributed by atoms with Gasteiger partial charge < -0.3 is 21.4 Å². The lowest BCUT2D eigenvalue weighted by molar-refractivity contribution is 0.871. The largest absolute Gasteiger partial charge is 0.399 e. The fraction of sp³-hybridized carbons (Fsp3) is 0.286. The number of hydrogen-bond acceptors (Lipinski definition) is 8. The zero-order chi connectivity index (χ0) is 33.3. The minimum Gasteiger partial charge on any atom is -0.399 e. The Bertz CT molecular complexity index is 1870. The normalized spacial score (nSPS) is 14.3. The number of halogens is 3. The highest BCUT2D eigenvalue weighted by molar-refractivity contribution is 9.10. The zero-order valence-corrected chi connectivity index (χ0v) is 29.7. The van der Waals surface area contributed by atoms with Crippen molar-refractivity contribution in [1.29, 1.82) is 0 Å². The molecule has 9 nitrogen and oxygen atoms in total. The van der Waals surface area contributed by atoms with Gasteiger partial charge in [0.2, 0.25) is 0 Å². The van der Waals surface area contributed by atoms with Crippen LogP contribution in [0.1, 0.15) is 60.9 Å². The second kappa shape index (κ2) is 16.2. The Hall–Kier alpha value is -3.99. The topological polar surface area (TPSA) is 129 Å². The number of nitrogens with zero attached hydrogens (tertiary/aromatic N) is 5. The van der Waals surface area contributed by atoms with Crippen molar-refractivity contribution in [2.24, 2.45) is 9.98 Å². The molecule has 5 aromatic rings. The number of H-pyrrole nitrogens is 1. The molecule has 7 rings (SSSR count). The first-order valence-corrected chi connectivity index (χ1v) is 17.0. The second-order valence-electron chi connectivity index (χ2n) is 11.3. The maximum Gasteiger partial charge on any atom is 0.105 e. The number of aromatic amines is 1. The van der Waals surface area contributed by atoms with E-state index in [2.05, 4.69) is 95.5 Å². The first-order chi connectivity index (χ1) is 22.7. The van der Waals surface area contributed by atoms with E-state index in [0.29, 0.717) is 27.3 Å². The molecule has 0 amide bonds. The molecule has 2 aliphatic rings. The fourth-order valence-electron chi connectivity index (χ4n) is 5.31. The van der Waals surface area contributed by atoms with Gasteiger partial charge in [0, 0.05) is 61.8 Å². The molecule has 12 heteroatoms. The Labute approximate surface area is 293 Å². The number of benzene rings is 3. The minimum atomic E-state index is 0.382. The summed E-state index contributed by atoms with van der Waals surface area (Å²) in [5.41, 5.74) is 14.9. The molecule has 2 aliphatic heterocycles. The van der Waals surface area contributed by atoms with Crippen LogP contribution in [0.15, 0.2) is 81.8 Å². The molecule has 0 bridgehead atoms. The van der Waals surface area contributed by atoms with Crippen molar-refractivity contribution in [3.8, 4) is 0 Å². The van der Waals surface area contributed by atoms with Crippen LogP contribution in [-0.4, -0.2) is 44.7 Å². The highest BCUT2D eigenvalue weighted by Crippen LogP contribution is 2.33. The van der Waals surface area contributed by atoms with Crippen molar-refractivity contribution in [2.75, 3.05) is 29.5 Å². The molecule has 4 heterocycles. The van der Waals surface area contributed by atoms with Gasteiger partial charge in [0.25, 0.3) is 0 Å². The molecule has 0 saturated heterocycles. The van der Waals surface area contributed by atoms with Crippen molar-refractivity contribution in [2.45, 2.75) is 52.4 Å². The van der Waals surface area contributed by atoms with Gasteiger partial charge in [-0.2, -0.15) is 0 Å². The van der Waals surface area contributed by atoms with E-state index in [-0.39, 0.29) is 0 Å². The number of nitrogens with two attached hydrogens (primary N) is 1. The van der Waals surface area contributed by atoms with Gasteiger partial charge in [-0.3, -0.25) is 20.0 Å². The molecule has 3 aromatic carbocycles. The van der Waals surface area contributed by atoms with Crippen molar-refractivity contribution in [1.82, 2.24) is 19.9 Å². The van der Waals surface area contributed by atoms with E-state index in [1.54, 1.807) is 30.9 Å². The Morgan fingerprint density at radius 3 is 2.23 bits per heavy atom. The third kappa shape index (κ3) is 8.88. The average molecular weight is 736 g/mol. The molecule has 0 radical (unpaired) electrons. The van der Waals surface area contributed by atoms with Gasteiger partial charge in [-0.15, -0.1) is 0 Å². The van der Waals surface area contributed by atoms with E-state index in [1.807, 2.05) is 18.3 Å². The lowest BCUT2D eigenvalue weighted by Crippen LogP contribution is -2.09. The highest BCUT2D eigenvalue weighted by Gasteiger charge is 2.14. The lowest BCUT2D eigenvalue weighted by Gasteiger charge is -2.14. The molecule has 5 N–H and O–H groups in total. The van der Waals surface area contributed by atoms with Crippen LogP contribution in [0, 0.1) is 13.8 Å². The minimum absolute atomic E-state index is 0.382. The molecule has 0 saturated carbocycles. The van der Waals surface area contributed by atoms with E-state index in [1.165, 1.54) is 22.4 Å². The molecule has 2 aromatic heterocycles. The molecule has 1 atom stereocenters. The van der Waals surface area contributed by atoms with Crippen LogP contribution in [0.5, 0.6) is 0 Å². The predicted octanol–water partition coefficient (Wildman–Crippen LogP) is 9.35. The summed E-state index contributed by atoms with van der Waals surface area (Å²) < 4.78 is 0.942. The van der Waals surface area contributed by atoms with Gasteiger partial charge in [0.1, 0.15) is 17.2 Å². The number of aromatic nitrogens is 4. The number of aliphatic imine (C=N–C) groups is 2. The first-order valence-electron chi connectivity index (χ1n) is 15.5. The standard InChI is InChI=1S/C13H16N2.C12H11BrN4.C10H11Cl2N3/c1-9-5-4-6-12(10(9)2)11(3)13-7-14-8-15-13;13-11-8(17-10-2-1-5-15-10)3-4-9-12(11)16-7-6-14-9;11-7-4-6(13)5-8(12)10(7)15-9-2-1-3-14-9/h4-8,11H,1-3H3,(H,14,15);3-4,6-7H,1-2,5H2,(H,15,17);4-5H,1-3,13H2,(H,14,15)/t11-;;/m0../s1. The number of aryl methyl sites for hydroxylation is 1. The Morgan fingerprint density at radius 1 is 0.915 bits per heavy atom. The Morgan fingerprint density at radius 2 is 1.60 bits per heavy atom. The number of anilines is 3. The Balaban J connectivity index is 0.000000139. The summed E-state index contributed by atoms with van der Waals surface area (Å²) in [5.74, 6) is 2.37. The van der Waals surface area contributed by atoms with E-state index in [9.17, 15) is 0 Å². The third-order valence-corrected chi connectivity index (χ3v) is 9.44. The predicted molar refractivity (Wildman–Crippen MR) is 200 cm³/mol. The molecular formula is C35H38BrCl2N9. The summed E-state index contributed by atoms with van der Waals surface area (Å²) in [6, 6.07) is 13.8. The van der Waals surface area contributed by atoms with Crippen molar-refractivity contribution in [3.63, 3.8) is 0 Å². The number of imidazole rings is 1. The van der Waals surface area contributed by atoms with Gasteiger partial charge >= 0.3 is 0 Å². The highest BCUT2D eigenvalue weighted by atomic mass is 79.9. The summed E-state index contributed by atoms with van der Waals surface area (Å²) in [7, 11) is 0. The molecule has 0 unspecified atom stereocenters. The number of fused-ring (bicyclic) bond motifs is 1.